The van der Waals surface area contributed by atoms with Crippen LogP contribution < -0.4 is 5.32 Å². The number of carbonyl (C=O) groups excluding carboxylic acids is 2. The molecule has 21 heavy (non-hydrogen) atoms. The SMILES string of the molecule is CCc1cccc(C)c1NC(=O)C(=O)N1CCCCC1C. The summed E-state index contributed by atoms with van der Waals surface area (Å²) < 4.78 is 0. The van der Waals surface area contributed by atoms with Crippen LogP contribution in [-0.2, 0) is 16.0 Å². The molecule has 0 aliphatic carbocycles. The zero-order valence-electron chi connectivity index (χ0n) is 13.1. The van der Waals surface area contributed by atoms with Crippen LogP contribution in [0.25, 0.3) is 0 Å². The van der Waals surface area contributed by atoms with E-state index in [1.807, 2.05) is 39.0 Å². The van der Waals surface area contributed by atoms with Gasteiger partial charge in [-0.05, 0) is 50.7 Å². The van der Waals surface area contributed by atoms with E-state index in [1.165, 1.54) is 0 Å². The first-order chi connectivity index (χ1) is 10.0. The van der Waals surface area contributed by atoms with Gasteiger partial charge in [0.25, 0.3) is 0 Å². The second-order valence-corrected chi connectivity index (χ2v) is 5.76. The number of hydrogen-bond donors (Lipinski definition) is 1. The molecule has 1 heterocycles. The zero-order valence-corrected chi connectivity index (χ0v) is 13.1. The molecule has 114 valence electrons. The van der Waals surface area contributed by atoms with Crippen LogP contribution in [0.5, 0.6) is 0 Å². The molecule has 1 unspecified atom stereocenters. The minimum atomic E-state index is -0.521. The van der Waals surface area contributed by atoms with E-state index in [0.717, 1.165) is 42.5 Å². The Balaban J connectivity index is 2.12. The van der Waals surface area contributed by atoms with Gasteiger partial charge in [-0.2, -0.15) is 0 Å². The number of aryl methyl sites for hydroxylation is 2. The fraction of sp³-hybridized carbons (Fsp3) is 0.529. The van der Waals surface area contributed by atoms with Crippen molar-refractivity contribution in [1.82, 2.24) is 4.90 Å². The Morgan fingerprint density at radius 3 is 2.76 bits per heavy atom. The Morgan fingerprint density at radius 2 is 2.10 bits per heavy atom. The number of piperidine rings is 1. The number of para-hydroxylation sites is 1. The lowest BCUT2D eigenvalue weighted by Crippen LogP contribution is -2.47. The molecule has 4 nitrogen and oxygen atoms in total. The number of nitrogens with zero attached hydrogens (tertiary/aromatic N) is 1. The van der Waals surface area contributed by atoms with Crippen LogP contribution in [0.2, 0.25) is 0 Å². The number of hydrogen-bond acceptors (Lipinski definition) is 2. The van der Waals surface area contributed by atoms with Gasteiger partial charge >= 0.3 is 11.8 Å². The molecule has 0 saturated carbocycles. The van der Waals surface area contributed by atoms with Crippen LogP contribution in [-0.4, -0.2) is 29.3 Å². The van der Waals surface area contributed by atoms with Gasteiger partial charge in [0.15, 0.2) is 0 Å². The number of nitrogens with one attached hydrogen (secondary N) is 1. The van der Waals surface area contributed by atoms with E-state index in [0.29, 0.717) is 6.54 Å². The Hall–Kier alpha value is -1.84. The first kappa shape index (κ1) is 15.5. The quantitative estimate of drug-likeness (QED) is 0.851. The maximum Gasteiger partial charge on any atom is 0.313 e. The van der Waals surface area contributed by atoms with Crippen molar-refractivity contribution in [3.8, 4) is 0 Å². The number of rotatable bonds is 2. The van der Waals surface area contributed by atoms with Crippen molar-refractivity contribution in [3.63, 3.8) is 0 Å². The average molecular weight is 288 g/mol. The highest BCUT2D eigenvalue weighted by Crippen LogP contribution is 2.22. The molecule has 1 N–H and O–H groups in total. The van der Waals surface area contributed by atoms with E-state index in [-0.39, 0.29) is 6.04 Å². The molecule has 1 aliphatic rings. The molecule has 1 saturated heterocycles. The van der Waals surface area contributed by atoms with Crippen LogP contribution in [0.4, 0.5) is 5.69 Å². The zero-order chi connectivity index (χ0) is 15.4. The maximum absolute atomic E-state index is 12.3. The smallest absolute Gasteiger partial charge is 0.313 e. The summed E-state index contributed by atoms with van der Waals surface area (Å²) in [7, 11) is 0. The molecule has 2 rings (SSSR count). The number of likely N-dealkylation sites (tertiary alicyclic amines) is 1. The van der Waals surface area contributed by atoms with Crippen LogP contribution in [0.1, 0.15) is 44.2 Å². The molecule has 0 radical (unpaired) electrons. The third-order valence-electron chi connectivity index (χ3n) is 4.24. The molecule has 1 aromatic rings. The van der Waals surface area contributed by atoms with Crippen molar-refractivity contribution in [1.29, 1.82) is 0 Å². The first-order valence-corrected chi connectivity index (χ1v) is 7.75. The van der Waals surface area contributed by atoms with E-state index in [4.69, 9.17) is 0 Å². The van der Waals surface area contributed by atoms with E-state index in [1.54, 1.807) is 4.90 Å². The monoisotopic (exact) mass is 288 g/mol. The number of carbonyl (C=O) groups is 2. The lowest BCUT2D eigenvalue weighted by Gasteiger charge is -2.32. The largest absolute Gasteiger partial charge is 0.332 e. The molecule has 0 aromatic heterocycles. The van der Waals surface area contributed by atoms with Crippen molar-refractivity contribution in [2.24, 2.45) is 0 Å². The lowest BCUT2D eigenvalue weighted by molar-refractivity contribution is -0.145. The van der Waals surface area contributed by atoms with Gasteiger partial charge in [-0.25, -0.2) is 0 Å². The Morgan fingerprint density at radius 1 is 1.33 bits per heavy atom. The standard InChI is InChI=1S/C17H24N2O2/c1-4-14-10-7-8-12(2)15(14)18-16(20)17(21)19-11-6-5-9-13(19)3/h7-8,10,13H,4-6,9,11H2,1-3H3,(H,18,20). The topological polar surface area (TPSA) is 49.4 Å². The summed E-state index contributed by atoms with van der Waals surface area (Å²) in [4.78, 5) is 26.3. The highest BCUT2D eigenvalue weighted by Gasteiger charge is 2.28. The van der Waals surface area contributed by atoms with Gasteiger partial charge < -0.3 is 10.2 Å². The molecule has 1 atom stereocenters. The predicted octanol–water partition coefficient (Wildman–Crippen LogP) is 2.90. The van der Waals surface area contributed by atoms with E-state index in [9.17, 15) is 9.59 Å². The number of amides is 2. The van der Waals surface area contributed by atoms with Gasteiger partial charge in [0, 0.05) is 18.3 Å². The fourth-order valence-corrected chi connectivity index (χ4v) is 2.90. The third kappa shape index (κ3) is 3.43. The average Bonchev–Trinajstić information content (AvgIpc) is 2.49. The summed E-state index contributed by atoms with van der Waals surface area (Å²) in [5.74, 6) is -0.930. The maximum atomic E-state index is 12.3. The highest BCUT2D eigenvalue weighted by molar-refractivity contribution is 6.39. The second kappa shape index (κ2) is 6.74. The minimum Gasteiger partial charge on any atom is -0.332 e. The van der Waals surface area contributed by atoms with Crippen LogP contribution >= 0.6 is 0 Å². The normalized spacial score (nSPS) is 18.4. The molecule has 4 heteroatoms. The predicted molar refractivity (Wildman–Crippen MR) is 84.2 cm³/mol. The summed E-state index contributed by atoms with van der Waals surface area (Å²) in [6, 6.07) is 6.05. The van der Waals surface area contributed by atoms with Gasteiger partial charge in [0.05, 0.1) is 0 Å². The van der Waals surface area contributed by atoms with Crippen molar-refractivity contribution in [3.05, 3.63) is 29.3 Å². The Labute approximate surface area is 126 Å². The molecule has 0 bridgehead atoms. The summed E-state index contributed by atoms with van der Waals surface area (Å²) in [6.07, 6.45) is 3.91. The first-order valence-electron chi connectivity index (χ1n) is 7.75. The molecular formula is C17H24N2O2. The molecule has 2 amide bonds. The number of anilines is 1. The molecule has 1 aromatic carbocycles. The van der Waals surface area contributed by atoms with Gasteiger partial charge in [0.2, 0.25) is 0 Å². The van der Waals surface area contributed by atoms with E-state index >= 15 is 0 Å². The number of benzene rings is 1. The highest BCUT2D eigenvalue weighted by atomic mass is 16.2. The molecule has 1 aliphatic heterocycles. The third-order valence-corrected chi connectivity index (χ3v) is 4.24. The van der Waals surface area contributed by atoms with Gasteiger partial charge in [-0.15, -0.1) is 0 Å². The van der Waals surface area contributed by atoms with E-state index < -0.39 is 11.8 Å². The van der Waals surface area contributed by atoms with Crippen molar-refractivity contribution < 1.29 is 9.59 Å². The fourth-order valence-electron chi connectivity index (χ4n) is 2.90. The van der Waals surface area contributed by atoms with Gasteiger partial charge in [-0.3, -0.25) is 9.59 Å². The molecular weight excluding hydrogens is 264 g/mol. The van der Waals surface area contributed by atoms with Crippen LogP contribution in [0.3, 0.4) is 0 Å². The second-order valence-electron chi connectivity index (χ2n) is 5.76. The van der Waals surface area contributed by atoms with Crippen molar-refractivity contribution >= 4 is 17.5 Å². The summed E-state index contributed by atoms with van der Waals surface area (Å²) >= 11 is 0. The summed E-state index contributed by atoms with van der Waals surface area (Å²) in [5, 5.41) is 2.82. The molecule has 0 spiro atoms. The molecule has 1 fully saturated rings. The van der Waals surface area contributed by atoms with Gasteiger partial charge in [0.1, 0.15) is 0 Å². The van der Waals surface area contributed by atoms with Crippen molar-refractivity contribution in [2.45, 2.75) is 52.5 Å². The van der Waals surface area contributed by atoms with Crippen LogP contribution in [0.15, 0.2) is 18.2 Å². The van der Waals surface area contributed by atoms with Crippen molar-refractivity contribution in [2.75, 3.05) is 11.9 Å². The Kier molecular flexibility index (Phi) is 4.99. The van der Waals surface area contributed by atoms with Gasteiger partial charge in [-0.1, -0.05) is 25.1 Å². The summed E-state index contributed by atoms with van der Waals surface area (Å²) in [5.41, 5.74) is 2.83. The van der Waals surface area contributed by atoms with Crippen LogP contribution in [0, 0.1) is 6.92 Å². The minimum absolute atomic E-state index is 0.152. The Bertz CT molecular complexity index is 540. The van der Waals surface area contributed by atoms with E-state index in [2.05, 4.69) is 5.32 Å². The summed E-state index contributed by atoms with van der Waals surface area (Å²) in [6.45, 7) is 6.68. The lowest BCUT2D eigenvalue weighted by atomic mass is 10.0.